The van der Waals surface area contributed by atoms with Gasteiger partial charge in [0.1, 0.15) is 5.82 Å². The molecule has 2 heterocycles. The number of benzene rings is 1. The van der Waals surface area contributed by atoms with Gasteiger partial charge in [-0.2, -0.15) is 0 Å². The molecule has 0 aliphatic carbocycles. The van der Waals surface area contributed by atoms with Crippen LogP contribution in [0.25, 0.3) is 0 Å². The number of halogens is 1. The second-order valence-electron chi connectivity index (χ2n) is 5.61. The van der Waals surface area contributed by atoms with Gasteiger partial charge in [0.2, 0.25) is 0 Å². The number of alkyl halides is 1. The highest BCUT2D eigenvalue weighted by Gasteiger charge is 2.16. The zero-order valence-electron chi connectivity index (χ0n) is 12.5. The lowest BCUT2D eigenvalue weighted by Crippen LogP contribution is -2.24. The van der Waals surface area contributed by atoms with Crippen molar-refractivity contribution in [3.05, 3.63) is 58.8 Å². The summed E-state index contributed by atoms with van der Waals surface area (Å²) in [7, 11) is 0. The fourth-order valence-electron chi connectivity index (χ4n) is 2.95. The van der Waals surface area contributed by atoms with E-state index in [0.717, 1.165) is 43.0 Å². The van der Waals surface area contributed by atoms with E-state index in [9.17, 15) is 0 Å². The van der Waals surface area contributed by atoms with Crippen LogP contribution >= 0.6 is 11.6 Å². The van der Waals surface area contributed by atoms with E-state index in [2.05, 4.69) is 48.2 Å². The molecule has 0 fully saturated rings. The summed E-state index contributed by atoms with van der Waals surface area (Å²) in [6.07, 6.45) is 3.27. The van der Waals surface area contributed by atoms with Gasteiger partial charge in [-0.3, -0.25) is 0 Å². The van der Waals surface area contributed by atoms with Crippen LogP contribution in [-0.2, 0) is 25.3 Å². The van der Waals surface area contributed by atoms with Crippen molar-refractivity contribution >= 4 is 17.4 Å². The van der Waals surface area contributed by atoms with Crippen LogP contribution in [0.1, 0.15) is 35.7 Å². The Kier molecular flexibility index (Phi) is 4.45. The number of hydrogen-bond acceptors (Lipinski definition) is 2. The minimum Gasteiger partial charge on any atom is -0.352 e. The van der Waals surface area contributed by atoms with E-state index in [-0.39, 0.29) is 0 Å². The van der Waals surface area contributed by atoms with Crippen LogP contribution in [0.3, 0.4) is 0 Å². The highest BCUT2D eigenvalue weighted by Crippen LogP contribution is 2.24. The van der Waals surface area contributed by atoms with Crippen LogP contribution in [0.5, 0.6) is 0 Å². The van der Waals surface area contributed by atoms with E-state index in [1.807, 2.05) is 0 Å². The fraction of sp³-hybridized carbons (Fsp3) is 0.389. The lowest BCUT2D eigenvalue weighted by Gasteiger charge is -2.23. The average Bonchev–Trinajstić information content (AvgIpc) is 2.76. The van der Waals surface area contributed by atoms with Crippen LogP contribution in [0.15, 0.2) is 36.4 Å². The molecule has 3 heteroatoms. The van der Waals surface area contributed by atoms with E-state index in [1.54, 1.807) is 0 Å². The predicted molar refractivity (Wildman–Crippen MR) is 89.0 cm³/mol. The van der Waals surface area contributed by atoms with E-state index in [1.165, 1.54) is 17.5 Å². The van der Waals surface area contributed by atoms with Crippen LogP contribution in [0.4, 0.5) is 5.82 Å². The number of aromatic nitrogens is 1. The number of rotatable bonds is 3. The van der Waals surface area contributed by atoms with Crippen molar-refractivity contribution in [2.75, 3.05) is 11.4 Å². The predicted octanol–water partition coefficient (Wildman–Crippen LogP) is 4.34. The number of anilines is 1. The lowest BCUT2D eigenvalue weighted by molar-refractivity contribution is 0.750. The van der Waals surface area contributed by atoms with E-state index in [4.69, 9.17) is 16.6 Å². The molecule has 0 radical (unpaired) electrons. The monoisotopic (exact) mass is 300 g/mol. The standard InChI is InChI=1S/C18H21ClN2/c1-2-17-10-14(12-19)11-18(20-17)21-9-5-8-15-6-3-4-7-16(15)13-21/h3-4,6-7,10-11H,2,5,8-9,12-13H2,1H3. The first kappa shape index (κ1) is 14.4. The molecule has 110 valence electrons. The van der Waals surface area contributed by atoms with Gasteiger partial charge < -0.3 is 4.90 Å². The maximum absolute atomic E-state index is 6.03. The molecule has 1 aliphatic rings. The number of aryl methyl sites for hydroxylation is 2. The molecule has 0 N–H and O–H groups in total. The van der Waals surface area contributed by atoms with Gasteiger partial charge in [0.15, 0.2) is 0 Å². The zero-order chi connectivity index (χ0) is 14.7. The van der Waals surface area contributed by atoms with Crippen molar-refractivity contribution in [1.82, 2.24) is 4.98 Å². The van der Waals surface area contributed by atoms with Crippen LogP contribution in [0, 0.1) is 0 Å². The molecule has 1 aromatic carbocycles. The van der Waals surface area contributed by atoms with Crippen molar-refractivity contribution in [1.29, 1.82) is 0 Å². The summed E-state index contributed by atoms with van der Waals surface area (Å²) in [5.74, 6) is 1.62. The van der Waals surface area contributed by atoms with Gasteiger partial charge in [0.25, 0.3) is 0 Å². The number of hydrogen-bond donors (Lipinski definition) is 0. The molecule has 0 atom stereocenters. The molecule has 2 aromatic rings. The third-order valence-corrected chi connectivity index (χ3v) is 4.43. The van der Waals surface area contributed by atoms with Gasteiger partial charge in [-0.05, 0) is 48.1 Å². The maximum Gasteiger partial charge on any atom is 0.129 e. The molecule has 1 aromatic heterocycles. The summed E-state index contributed by atoms with van der Waals surface area (Å²) in [4.78, 5) is 7.20. The van der Waals surface area contributed by atoms with Gasteiger partial charge in [-0.1, -0.05) is 31.2 Å². The van der Waals surface area contributed by atoms with Crippen molar-refractivity contribution < 1.29 is 0 Å². The van der Waals surface area contributed by atoms with Crippen LogP contribution < -0.4 is 4.90 Å². The Morgan fingerprint density at radius 3 is 2.76 bits per heavy atom. The highest BCUT2D eigenvalue weighted by molar-refractivity contribution is 6.17. The third-order valence-electron chi connectivity index (χ3n) is 4.12. The largest absolute Gasteiger partial charge is 0.352 e. The Bertz CT molecular complexity index is 602. The Morgan fingerprint density at radius 1 is 1.19 bits per heavy atom. The molecule has 0 amide bonds. The molecule has 0 spiro atoms. The van der Waals surface area contributed by atoms with Crippen molar-refractivity contribution in [2.45, 2.75) is 38.6 Å². The van der Waals surface area contributed by atoms with E-state index >= 15 is 0 Å². The third kappa shape index (κ3) is 3.21. The summed E-state index contributed by atoms with van der Waals surface area (Å²) >= 11 is 6.03. The number of fused-ring (bicyclic) bond motifs is 1. The van der Waals surface area contributed by atoms with Gasteiger partial charge >= 0.3 is 0 Å². The van der Waals surface area contributed by atoms with E-state index in [0.29, 0.717) is 5.88 Å². The summed E-state index contributed by atoms with van der Waals surface area (Å²) in [5.41, 5.74) is 5.19. The summed E-state index contributed by atoms with van der Waals surface area (Å²) < 4.78 is 0. The molecular weight excluding hydrogens is 280 g/mol. The number of pyridine rings is 1. The molecule has 2 nitrogen and oxygen atoms in total. The topological polar surface area (TPSA) is 16.1 Å². The first-order valence-electron chi connectivity index (χ1n) is 7.67. The highest BCUT2D eigenvalue weighted by atomic mass is 35.5. The minimum atomic E-state index is 0.549. The lowest BCUT2D eigenvalue weighted by atomic mass is 10.0. The molecule has 1 aliphatic heterocycles. The Labute approximate surface area is 131 Å². The van der Waals surface area contributed by atoms with Crippen molar-refractivity contribution in [3.63, 3.8) is 0 Å². The van der Waals surface area contributed by atoms with Gasteiger partial charge in [0.05, 0.1) is 0 Å². The molecule has 3 rings (SSSR count). The van der Waals surface area contributed by atoms with E-state index < -0.39 is 0 Å². The summed E-state index contributed by atoms with van der Waals surface area (Å²) in [6.45, 7) is 4.14. The zero-order valence-corrected chi connectivity index (χ0v) is 13.2. The van der Waals surface area contributed by atoms with Gasteiger partial charge in [-0.15, -0.1) is 11.6 Å². The summed E-state index contributed by atoms with van der Waals surface area (Å²) in [6, 6.07) is 13.0. The molecule has 0 saturated carbocycles. The molecular formula is C18H21ClN2. The Hall–Kier alpha value is -1.54. The van der Waals surface area contributed by atoms with Gasteiger partial charge in [0, 0.05) is 24.7 Å². The fourth-order valence-corrected chi connectivity index (χ4v) is 3.10. The molecule has 0 bridgehead atoms. The second kappa shape index (κ2) is 6.48. The first-order chi connectivity index (χ1) is 10.3. The second-order valence-corrected chi connectivity index (χ2v) is 5.87. The van der Waals surface area contributed by atoms with Crippen molar-refractivity contribution in [3.8, 4) is 0 Å². The minimum absolute atomic E-state index is 0.549. The molecule has 21 heavy (non-hydrogen) atoms. The Balaban J connectivity index is 1.93. The molecule has 0 saturated heterocycles. The normalized spacial score (nSPS) is 14.7. The molecule has 0 unspecified atom stereocenters. The average molecular weight is 301 g/mol. The van der Waals surface area contributed by atoms with Crippen LogP contribution in [-0.4, -0.2) is 11.5 Å². The van der Waals surface area contributed by atoms with Gasteiger partial charge in [-0.25, -0.2) is 4.98 Å². The van der Waals surface area contributed by atoms with Crippen molar-refractivity contribution in [2.24, 2.45) is 0 Å². The quantitative estimate of drug-likeness (QED) is 0.784. The van der Waals surface area contributed by atoms with Crippen LogP contribution in [0.2, 0.25) is 0 Å². The number of nitrogens with zero attached hydrogens (tertiary/aromatic N) is 2. The summed E-state index contributed by atoms with van der Waals surface area (Å²) in [5, 5.41) is 0. The first-order valence-corrected chi connectivity index (χ1v) is 8.21. The SMILES string of the molecule is CCc1cc(CCl)cc(N2CCCc3ccccc3C2)n1. The maximum atomic E-state index is 6.03. The smallest absolute Gasteiger partial charge is 0.129 e. The Morgan fingerprint density at radius 2 is 2.00 bits per heavy atom.